The summed E-state index contributed by atoms with van der Waals surface area (Å²) in [5.74, 6) is -2.57. The summed E-state index contributed by atoms with van der Waals surface area (Å²) in [5.41, 5.74) is 0.609. The molecule has 0 aliphatic heterocycles. The Kier molecular flexibility index (Phi) is 12.8. The first-order chi connectivity index (χ1) is 15.4. The van der Waals surface area contributed by atoms with Gasteiger partial charge in [-0.15, -0.1) is 6.58 Å². The lowest BCUT2D eigenvalue weighted by atomic mass is 10.1. The van der Waals surface area contributed by atoms with Crippen LogP contribution in [0.2, 0.25) is 0 Å². The Morgan fingerprint density at radius 3 is 2.16 bits per heavy atom. The number of carbonyl (C=O) groups is 1. The van der Waals surface area contributed by atoms with Crippen molar-refractivity contribution in [1.29, 1.82) is 0 Å². The standard InChI is InChI=1S/C20H21F3N2O.C2H6.CH4O.CH2O/c1-4-7-20(8-9-20)25-18-16(26-3)11-14(22)17(23)19(18)24-15-6-5-12(2)10-13(15)21;3*1-2/h4-6,10-11,24-25H,1,7-9H2,2-3H3;1-2H3;2H,1H3;1H2. The SMILES string of the molecule is C=CCC1(Nc2c(OC)cc(F)c(F)c2Nc2ccc(C)cc2F)CC1.C=O.CC.CO. The van der Waals surface area contributed by atoms with Gasteiger partial charge in [0.15, 0.2) is 11.6 Å². The van der Waals surface area contributed by atoms with Crippen LogP contribution in [0.1, 0.15) is 38.7 Å². The minimum Gasteiger partial charge on any atom is -0.494 e. The molecule has 0 atom stereocenters. The van der Waals surface area contributed by atoms with Crippen LogP contribution in [0, 0.1) is 24.4 Å². The minimum absolute atomic E-state index is 0.0544. The number of aliphatic hydroxyl groups is 1. The number of anilines is 3. The van der Waals surface area contributed by atoms with Crippen molar-refractivity contribution in [2.75, 3.05) is 24.9 Å². The second-order valence-corrected chi connectivity index (χ2v) is 6.63. The number of rotatable bonds is 7. The van der Waals surface area contributed by atoms with E-state index in [0.717, 1.165) is 31.6 Å². The number of nitrogens with one attached hydrogen (secondary N) is 2. The van der Waals surface area contributed by atoms with Crippen molar-refractivity contribution in [3.63, 3.8) is 0 Å². The van der Waals surface area contributed by atoms with Gasteiger partial charge in [-0.05, 0) is 43.9 Å². The predicted octanol–water partition coefficient (Wildman–Crippen LogP) is 6.13. The van der Waals surface area contributed by atoms with E-state index in [4.69, 9.17) is 14.6 Å². The number of hydrogen-bond donors (Lipinski definition) is 3. The van der Waals surface area contributed by atoms with Crippen molar-refractivity contribution in [3.8, 4) is 5.75 Å². The number of methoxy groups -OCH3 is 1. The van der Waals surface area contributed by atoms with E-state index in [2.05, 4.69) is 17.2 Å². The molecule has 2 aromatic rings. The second kappa shape index (κ2) is 14.1. The lowest BCUT2D eigenvalue weighted by molar-refractivity contribution is -0.0980. The Balaban J connectivity index is 0.00000148. The lowest BCUT2D eigenvalue weighted by Gasteiger charge is -2.23. The maximum atomic E-state index is 14.6. The molecule has 1 fully saturated rings. The Morgan fingerprint density at radius 2 is 1.69 bits per heavy atom. The molecule has 32 heavy (non-hydrogen) atoms. The van der Waals surface area contributed by atoms with Gasteiger partial charge in [-0.1, -0.05) is 26.0 Å². The fourth-order valence-corrected chi connectivity index (χ4v) is 2.93. The zero-order valence-corrected chi connectivity index (χ0v) is 19.3. The quantitative estimate of drug-likeness (QED) is 0.439. The molecular weight excluding hydrogens is 421 g/mol. The summed E-state index contributed by atoms with van der Waals surface area (Å²) in [7, 11) is 2.38. The van der Waals surface area contributed by atoms with E-state index in [9.17, 15) is 13.2 Å². The molecule has 1 aliphatic carbocycles. The summed E-state index contributed by atoms with van der Waals surface area (Å²) in [6, 6.07) is 5.48. The summed E-state index contributed by atoms with van der Waals surface area (Å²) in [4.78, 5) is 8.00. The Morgan fingerprint density at radius 1 is 1.09 bits per heavy atom. The Labute approximate surface area is 188 Å². The number of benzene rings is 2. The molecule has 178 valence electrons. The van der Waals surface area contributed by atoms with E-state index in [1.165, 1.54) is 19.2 Å². The fraction of sp³-hybridized carbons (Fsp3) is 0.375. The minimum atomic E-state index is -1.09. The van der Waals surface area contributed by atoms with Crippen molar-refractivity contribution in [1.82, 2.24) is 0 Å². The molecule has 1 aliphatic rings. The fourth-order valence-electron chi connectivity index (χ4n) is 2.93. The summed E-state index contributed by atoms with van der Waals surface area (Å²) >= 11 is 0. The van der Waals surface area contributed by atoms with Gasteiger partial charge in [0.05, 0.1) is 12.8 Å². The van der Waals surface area contributed by atoms with Crippen LogP contribution in [-0.4, -0.2) is 31.7 Å². The highest BCUT2D eigenvalue weighted by Crippen LogP contribution is 2.47. The third-order valence-electron chi connectivity index (χ3n) is 4.57. The number of carbonyl (C=O) groups excluding carboxylic acids is 1. The van der Waals surface area contributed by atoms with Crippen LogP contribution in [0.25, 0.3) is 0 Å². The Bertz CT molecular complexity index is 872. The van der Waals surface area contributed by atoms with Crippen molar-refractivity contribution in [2.24, 2.45) is 0 Å². The van der Waals surface area contributed by atoms with Crippen LogP contribution >= 0.6 is 0 Å². The van der Waals surface area contributed by atoms with Crippen LogP contribution < -0.4 is 15.4 Å². The normalized spacial score (nSPS) is 12.4. The van der Waals surface area contributed by atoms with Crippen LogP contribution in [0.4, 0.5) is 30.2 Å². The average molecular weight is 455 g/mol. The van der Waals surface area contributed by atoms with Crippen LogP contribution in [0.3, 0.4) is 0 Å². The molecule has 5 nitrogen and oxygen atoms in total. The zero-order chi connectivity index (χ0) is 24.9. The third kappa shape index (κ3) is 7.30. The van der Waals surface area contributed by atoms with Gasteiger partial charge in [-0.25, -0.2) is 13.2 Å². The molecule has 2 aromatic carbocycles. The molecule has 0 amide bonds. The number of aryl methyl sites for hydroxylation is 1. The van der Waals surface area contributed by atoms with E-state index >= 15 is 0 Å². The van der Waals surface area contributed by atoms with E-state index < -0.39 is 17.5 Å². The first-order valence-electron chi connectivity index (χ1n) is 10.1. The third-order valence-corrected chi connectivity index (χ3v) is 4.57. The molecule has 0 heterocycles. The van der Waals surface area contributed by atoms with Gasteiger partial charge in [0.1, 0.15) is 29.7 Å². The number of ether oxygens (including phenoxy) is 1. The first-order valence-corrected chi connectivity index (χ1v) is 10.1. The number of hydrogen-bond acceptors (Lipinski definition) is 5. The van der Waals surface area contributed by atoms with Gasteiger partial charge in [0.2, 0.25) is 0 Å². The monoisotopic (exact) mass is 454 g/mol. The molecule has 3 N–H and O–H groups in total. The highest BCUT2D eigenvalue weighted by atomic mass is 19.2. The lowest BCUT2D eigenvalue weighted by Crippen LogP contribution is -2.22. The van der Waals surface area contributed by atoms with Crippen LogP contribution in [0.15, 0.2) is 36.9 Å². The molecule has 1 saturated carbocycles. The highest BCUT2D eigenvalue weighted by Gasteiger charge is 2.42. The van der Waals surface area contributed by atoms with Crippen molar-refractivity contribution in [3.05, 3.63) is 59.9 Å². The molecule has 8 heteroatoms. The second-order valence-electron chi connectivity index (χ2n) is 6.63. The van der Waals surface area contributed by atoms with Crippen molar-refractivity contribution >= 4 is 23.9 Å². The molecule has 0 radical (unpaired) electrons. The molecule has 0 saturated heterocycles. The molecule has 3 rings (SSSR count). The molecule has 0 aromatic heterocycles. The molecular formula is C24H33F3N2O3. The van der Waals surface area contributed by atoms with Crippen LogP contribution in [0.5, 0.6) is 5.75 Å². The van der Waals surface area contributed by atoms with Crippen LogP contribution in [-0.2, 0) is 4.79 Å². The Hall–Kier alpha value is -3.00. The molecule has 0 bridgehead atoms. The van der Waals surface area contributed by atoms with Gasteiger partial charge in [-0.3, -0.25) is 0 Å². The van der Waals surface area contributed by atoms with Crippen molar-refractivity contribution in [2.45, 2.75) is 45.6 Å². The predicted molar refractivity (Wildman–Crippen MR) is 124 cm³/mol. The summed E-state index contributed by atoms with van der Waals surface area (Å²) in [5, 5.41) is 12.9. The van der Waals surface area contributed by atoms with E-state index in [-0.39, 0.29) is 28.4 Å². The van der Waals surface area contributed by atoms with Gasteiger partial charge < -0.3 is 25.3 Å². The summed E-state index contributed by atoms with van der Waals surface area (Å²) in [6.07, 6.45) is 4.20. The number of aliphatic hydroxyl groups excluding tert-OH is 1. The van der Waals surface area contributed by atoms with Gasteiger partial charge in [0, 0.05) is 18.7 Å². The highest BCUT2D eigenvalue weighted by molar-refractivity contribution is 5.81. The molecule has 0 spiro atoms. The van der Waals surface area contributed by atoms with Gasteiger partial charge in [0.25, 0.3) is 0 Å². The van der Waals surface area contributed by atoms with Crippen molar-refractivity contribution < 1.29 is 27.8 Å². The van der Waals surface area contributed by atoms with Gasteiger partial charge in [-0.2, -0.15) is 0 Å². The van der Waals surface area contributed by atoms with E-state index in [1.54, 1.807) is 19.1 Å². The topological polar surface area (TPSA) is 70.6 Å². The average Bonchev–Trinajstić information content (AvgIpc) is 3.58. The zero-order valence-electron chi connectivity index (χ0n) is 19.3. The molecule has 0 unspecified atom stereocenters. The van der Waals surface area contributed by atoms with Gasteiger partial charge >= 0.3 is 0 Å². The maximum Gasteiger partial charge on any atom is 0.184 e. The van der Waals surface area contributed by atoms with E-state index in [0.29, 0.717) is 6.42 Å². The first kappa shape index (κ1) is 29.0. The van der Waals surface area contributed by atoms with E-state index in [1.807, 2.05) is 20.6 Å². The summed E-state index contributed by atoms with van der Waals surface area (Å²) < 4.78 is 48.1. The largest absolute Gasteiger partial charge is 0.494 e. The summed E-state index contributed by atoms with van der Waals surface area (Å²) in [6.45, 7) is 11.5. The smallest absolute Gasteiger partial charge is 0.184 e. The maximum absolute atomic E-state index is 14.6. The number of halogens is 3.